The molecule has 2 aromatic heterocycles. The molecule has 0 aliphatic carbocycles. The molecule has 1 N–H and O–H groups in total. The number of hydrogen-bond donors (Lipinski definition) is 1. The van der Waals surface area contributed by atoms with Crippen LogP contribution in [-0.4, -0.2) is 20.7 Å². The second-order valence-electron chi connectivity index (χ2n) is 5.11. The van der Waals surface area contributed by atoms with Crippen LogP contribution in [0.2, 0.25) is 5.15 Å². The molecule has 2 heterocycles. The number of carbonyl (C=O) groups excluding carboxylic acids is 1. The lowest BCUT2D eigenvalue weighted by atomic mass is 10.2. The third-order valence-corrected chi connectivity index (χ3v) is 4.82. The quantitative estimate of drug-likeness (QED) is 0.774. The van der Waals surface area contributed by atoms with Gasteiger partial charge in [0.25, 0.3) is 5.91 Å². The normalized spacial score (nSPS) is 10.8. The van der Waals surface area contributed by atoms with Crippen LogP contribution in [-0.2, 0) is 0 Å². The van der Waals surface area contributed by atoms with E-state index in [0.717, 1.165) is 16.3 Å². The highest BCUT2D eigenvalue weighted by atomic mass is 35.5. The Morgan fingerprint density at radius 2 is 1.87 bits per heavy atom. The Labute approximate surface area is 142 Å². The maximum atomic E-state index is 12.5. The predicted octanol–water partition coefficient (Wildman–Crippen LogP) is 4.16. The third kappa shape index (κ3) is 3.00. The summed E-state index contributed by atoms with van der Waals surface area (Å²) in [6.45, 7) is 5.64. The average Bonchev–Trinajstić information content (AvgIpc) is 2.99. The van der Waals surface area contributed by atoms with Crippen molar-refractivity contribution < 1.29 is 4.79 Å². The molecule has 0 fully saturated rings. The van der Waals surface area contributed by atoms with E-state index in [1.165, 1.54) is 11.3 Å². The number of halogens is 1. The molecule has 0 aliphatic heterocycles. The average molecular weight is 347 g/mol. The first-order valence-electron chi connectivity index (χ1n) is 7.03. The zero-order valence-electron chi connectivity index (χ0n) is 12.9. The monoisotopic (exact) mass is 346 g/mol. The highest BCUT2D eigenvalue weighted by Crippen LogP contribution is 2.26. The summed E-state index contributed by atoms with van der Waals surface area (Å²) in [6, 6.07) is 9.46. The fraction of sp³-hybridized carbons (Fsp3) is 0.188. The molecule has 23 heavy (non-hydrogen) atoms. The van der Waals surface area contributed by atoms with E-state index in [2.05, 4.69) is 15.4 Å². The second-order valence-corrected chi connectivity index (χ2v) is 6.67. The van der Waals surface area contributed by atoms with Crippen molar-refractivity contribution in [2.45, 2.75) is 20.8 Å². The van der Waals surface area contributed by atoms with E-state index in [-0.39, 0.29) is 11.1 Å². The Kier molecular flexibility index (Phi) is 4.19. The molecule has 0 bridgehead atoms. The summed E-state index contributed by atoms with van der Waals surface area (Å²) in [4.78, 5) is 17.9. The topological polar surface area (TPSA) is 59.8 Å². The number of aromatic nitrogens is 3. The molecule has 3 rings (SSSR count). The molecule has 0 saturated heterocycles. The molecule has 0 saturated carbocycles. The van der Waals surface area contributed by atoms with Crippen LogP contribution in [0.3, 0.4) is 0 Å². The Morgan fingerprint density at radius 3 is 2.48 bits per heavy atom. The first kappa shape index (κ1) is 15.7. The van der Waals surface area contributed by atoms with Gasteiger partial charge in [0.15, 0.2) is 5.13 Å². The van der Waals surface area contributed by atoms with Gasteiger partial charge in [-0.1, -0.05) is 29.8 Å². The van der Waals surface area contributed by atoms with Gasteiger partial charge in [0.2, 0.25) is 0 Å². The van der Waals surface area contributed by atoms with Crippen LogP contribution >= 0.6 is 22.9 Å². The molecule has 0 atom stereocenters. The lowest BCUT2D eigenvalue weighted by molar-refractivity contribution is 0.102. The number of hydrogen-bond acceptors (Lipinski definition) is 4. The molecule has 7 heteroatoms. The number of aryl methyl sites for hydroxylation is 3. The summed E-state index contributed by atoms with van der Waals surface area (Å²) < 4.78 is 1.56. The van der Waals surface area contributed by atoms with E-state index in [1.807, 2.05) is 44.2 Å². The van der Waals surface area contributed by atoms with E-state index >= 15 is 0 Å². The van der Waals surface area contributed by atoms with Crippen LogP contribution in [0.4, 0.5) is 5.13 Å². The Morgan fingerprint density at radius 1 is 1.17 bits per heavy atom. The van der Waals surface area contributed by atoms with Crippen molar-refractivity contribution in [3.63, 3.8) is 0 Å². The number of anilines is 1. The molecule has 1 aromatic carbocycles. The zero-order valence-corrected chi connectivity index (χ0v) is 14.5. The van der Waals surface area contributed by atoms with E-state index < -0.39 is 0 Å². The van der Waals surface area contributed by atoms with Gasteiger partial charge in [-0.15, -0.1) is 11.3 Å². The second kappa shape index (κ2) is 6.14. The predicted molar refractivity (Wildman–Crippen MR) is 92.9 cm³/mol. The zero-order chi connectivity index (χ0) is 16.6. The van der Waals surface area contributed by atoms with Crippen LogP contribution in [0.15, 0.2) is 30.3 Å². The van der Waals surface area contributed by atoms with Gasteiger partial charge in [-0.3, -0.25) is 10.1 Å². The van der Waals surface area contributed by atoms with Crippen molar-refractivity contribution in [3.05, 3.63) is 57.3 Å². The molecule has 1 amide bonds. The number of benzene rings is 1. The SMILES string of the molecule is Cc1nc(NC(=O)c2c(C)nn(-c3ccccc3)c2Cl)sc1C. The van der Waals surface area contributed by atoms with Crippen molar-refractivity contribution >= 4 is 34.0 Å². The summed E-state index contributed by atoms with van der Waals surface area (Å²) in [5.41, 5.74) is 2.65. The number of carbonyl (C=O) groups is 1. The van der Waals surface area contributed by atoms with Gasteiger partial charge in [0.1, 0.15) is 10.7 Å². The molecule has 3 aromatic rings. The van der Waals surface area contributed by atoms with Crippen LogP contribution < -0.4 is 5.32 Å². The number of para-hydroxylation sites is 1. The summed E-state index contributed by atoms with van der Waals surface area (Å²) in [6.07, 6.45) is 0. The molecule has 0 radical (unpaired) electrons. The van der Waals surface area contributed by atoms with E-state index in [9.17, 15) is 4.79 Å². The van der Waals surface area contributed by atoms with Crippen LogP contribution in [0.1, 0.15) is 26.6 Å². The molecular weight excluding hydrogens is 332 g/mol. The van der Waals surface area contributed by atoms with E-state index in [1.54, 1.807) is 11.6 Å². The number of thiazole rings is 1. The van der Waals surface area contributed by atoms with Gasteiger partial charge in [0, 0.05) is 4.88 Å². The minimum atomic E-state index is -0.302. The van der Waals surface area contributed by atoms with E-state index in [4.69, 9.17) is 11.6 Å². The highest BCUT2D eigenvalue weighted by Gasteiger charge is 2.22. The standard InChI is InChI=1S/C16H15ClN4OS/c1-9-11(3)23-16(18-9)19-15(22)13-10(2)20-21(14(13)17)12-7-5-4-6-8-12/h4-8H,1-3H3,(H,18,19,22). The van der Waals surface area contributed by atoms with Gasteiger partial charge < -0.3 is 0 Å². The fourth-order valence-corrected chi connectivity index (χ4v) is 3.35. The van der Waals surface area contributed by atoms with Crippen molar-refractivity contribution in [2.24, 2.45) is 0 Å². The molecule has 5 nitrogen and oxygen atoms in total. The van der Waals surface area contributed by atoms with Crippen molar-refractivity contribution in [2.75, 3.05) is 5.32 Å². The minimum absolute atomic E-state index is 0.288. The van der Waals surface area contributed by atoms with Crippen molar-refractivity contribution in [1.29, 1.82) is 0 Å². The maximum Gasteiger partial charge on any atom is 0.262 e. The molecule has 118 valence electrons. The Balaban J connectivity index is 1.94. The summed E-state index contributed by atoms with van der Waals surface area (Å²) >= 11 is 7.82. The fourth-order valence-electron chi connectivity index (χ4n) is 2.18. The first-order valence-corrected chi connectivity index (χ1v) is 8.22. The van der Waals surface area contributed by atoms with Gasteiger partial charge in [0.05, 0.1) is 17.1 Å². The van der Waals surface area contributed by atoms with Gasteiger partial charge in [-0.25, -0.2) is 9.67 Å². The van der Waals surface area contributed by atoms with Gasteiger partial charge in [-0.05, 0) is 32.9 Å². The summed E-state index contributed by atoms with van der Waals surface area (Å²) in [5, 5.41) is 8.02. The maximum absolute atomic E-state index is 12.5. The van der Waals surface area contributed by atoms with Crippen molar-refractivity contribution in [3.8, 4) is 5.69 Å². The first-order chi connectivity index (χ1) is 11.0. The Bertz CT molecular complexity index is 850. The van der Waals surface area contributed by atoms with E-state index in [0.29, 0.717) is 16.4 Å². The van der Waals surface area contributed by atoms with Crippen molar-refractivity contribution in [1.82, 2.24) is 14.8 Å². The van der Waals surface area contributed by atoms with Crippen LogP contribution in [0.25, 0.3) is 5.69 Å². The lowest BCUT2D eigenvalue weighted by Crippen LogP contribution is -2.13. The lowest BCUT2D eigenvalue weighted by Gasteiger charge is -2.03. The van der Waals surface area contributed by atoms with Crippen LogP contribution in [0.5, 0.6) is 0 Å². The molecule has 0 unspecified atom stereocenters. The minimum Gasteiger partial charge on any atom is -0.298 e. The summed E-state index contributed by atoms with van der Waals surface area (Å²) in [5.74, 6) is -0.302. The highest BCUT2D eigenvalue weighted by molar-refractivity contribution is 7.15. The summed E-state index contributed by atoms with van der Waals surface area (Å²) in [7, 11) is 0. The van der Waals surface area contributed by atoms with Gasteiger partial charge in [-0.2, -0.15) is 5.10 Å². The number of amides is 1. The largest absolute Gasteiger partial charge is 0.298 e. The number of nitrogens with zero attached hydrogens (tertiary/aromatic N) is 3. The van der Waals surface area contributed by atoms with Gasteiger partial charge >= 0.3 is 0 Å². The molecule has 0 aliphatic rings. The number of nitrogens with one attached hydrogen (secondary N) is 1. The number of rotatable bonds is 3. The smallest absolute Gasteiger partial charge is 0.262 e. The molecular formula is C16H15ClN4OS. The Hall–Kier alpha value is -2.18. The molecule has 0 spiro atoms. The third-order valence-electron chi connectivity index (χ3n) is 3.48. The van der Waals surface area contributed by atoms with Crippen LogP contribution in [0, 0.1) is 20.8 Å².